The second-order valence-electron chi connectivity index (χ2n) is 20.2. The number of fused-ring (bicyclic) bond motifs is 1. The minimum Gasteiger partial charge on any atom is -0.494 e. The molecule has 0 saturated carbocycles. The Labute approximate surface area is 475 Å². The third-order valence-corrected chi connectivity index (χ3v) is 13.7. The van der Waals surface area contributed by atoms with Crippen LogP contribution in [0.2, 0.25) is 0 Å². The van der Waals surface area contributed by atoms with E-state index in [1.54, 1.807) is 32.3 Å². The number of aliphatic hydroxyl groups is 1. The van der Waals surface area contributed by atoms with Gasteiger partial charge in [0.25, 0.3) is 0 Å². The number of benzene rings is 1. The van der Waals surface area contributed by atoms with Crippen molar-refractivity contribution in [2.45, 2.75) is 185 Å². The zero-order chi connectivity index (χ0) is 59.4. The van der Waals surface area contributed by atoms with Crippen LogP contribution in [-0.2, 0) is 51.1 Å². The van der Waals surface area contributed by atoms with Gasteiger partial charge in [-0.05, 0) is 159 Å². The maximum Gasteiger partial charge on any atom is 0.343 e. The van der Waals surface area contributed by atoms with Crippen LogP contribution < -0.4 is 26.0 Å². The lowest BCUT2D eigenvalue weighted by Crippen LogP contribution is -2.56. The van der Waals surface area contributed by atoms with Gasteiger partial charge in [-0.3, -0.25) is 24.0 Å². The van der Waals surface area contributed by atoms with Gasteiger partial charge in [0.15, 0.2) is 11.4 Å². The van der Waals surface area contributed by atoms with E-state index in [0.717, 1.165) is 61.0 Å². The van der Waals surface area contributed by atoms with Crippen LogP contribution in [0.4, 0.5) is 0 Å². The Balaban J connectivity index is 0.00000831. The number of esters is 1. The first-order valence-corrected chi connectivity index (χ1v) is 28.9. The van der Waals surface area contributed by atoms with E-state index >= 15 is 0 Å². The molecular weight excluding hydrogens is 1020 g/mol. The molecule has 1 unspecified atom stereocenters. The zero-order valence-electron chi connectivity index (χ0n) is 50.2. The molecule has 5 N–H and O–H groups in total. The quantitative estimate of drug-likeness (QED) is 0.0173. The van der Waals surface area contributed by atoms with Crippen LogP contribution in [-0.4, -0.2) is 131 Å². The van der Waals surface area contributed by atoms with E-state index in [4.69, 9.17) is 19.2 Å². The molecule has 80 heavy (non-hydrogen) atoms. The fourth-order valence-electron chi connectivity index (χ4n) is 9.45. The molecular formula is C62H92N8O10. The number of amides is 4. The molecule has 4 amide bonds. The van der Waals surface area contributed by atoms with E-state index < -0.39 is 41.4 Å². The summed E-state index contributed by atoms with van der Waals surface area (Å²) < 4.78 is 17.1. The van der Waals surface area contributed by atoms with Gasteiger partial charge in [0.2, 0.25) is 23.6 Å². The summed E-state index contributed by atoms with van der Waals surface area (Å²) in [6.45, 7) is 27.5. The number of aromatic nitrogens is 3. The maximum atomic E-state index is 13.8. The highest BCUT2D eigenvalue weighted by molar-refractivity contribution is 6.01. The zero-order valence-corrected chi connectivity index (χ0v) is 50.2. The summed E-state index contributed by atoms with van der Waals surface area (Å²) in [7, 11) is 0. The molecule has 18 heteroatoms. The molecule has 4 rings (SSSR count). The molecule has 1 aliphatic heterocycles. The highest BCUT2D eigenvalue weighted by Crippen LogP contribution is 2.37. The van der Waals surface area contributed by atoms with Crippen LogP contribution in [0.1, 0.15) is 174 Å². The number of aryl methyl sites for hydroxylation is 3. The molecule has 440 valence electrons. The normalized spacial score (nSPS) is 15.1. The highest BCUT2D eigenvalue weighted by Gasteiger charge is 2.45. The van der Waals surface area contributed by atoms with E-state index in [0.29, 0.717) is 85.5 Å². The molecule has 1 aliphatic rings. The van der Waals surface area contributed by atoms with Crippen molar-refractivity contribution in [3.05, 3.63) is 75.5 Å². The van der Waals surface area contributed by atoms with Crippen molar-refractivity contribution in [1.29, 1.82) is 0 Å². The van der Waals surface area contributed by atoms with Gasteiger partial charge < -0.3 is 45.5 Å². The monoisotopic (exact) mass is 1110 g/mol. The fraction of sp³-hybridized carbons (Fsp3) is 0.597. The first-order valence-electron chi connectivity index (χ1n) is 28.9. The van der Waals surface area contributed by atoms with Gasteiger partial charge in [0.1, 0.15) is 37.0 Å². The molecule has 0 saturated heterocycles. The second-order valence-corrected chi connectivity index (χ2v) is 20.2. The SMILES string of the molecule is CC.CCCN(CCC)CCCC[C@H](NC(=O)C(NC(=O)CCCC#Cc1cnc(C)nc1)C(C)C)C(=O)NCC(=O)NCOCCCc1c(CC)c(/C(C)=C/C2=C(C(C)=O)COC(=O)[C@]2(O)CC)nc2cc(OCC)c(C)cc12. The van der Waals surface area contributed by atoms with Crippen molar-refractivity contribution in [2.75, 3.05) is 52.7 Å². The molecule has 1 aromatic carbocycles. The predicted molar refractivity (Wildman–Crippen MR) is 313 cm³/mol. The first kappa shape index (κ1) is 67.7. The fourth-order valence-corrected chi connectivity index (χ4v) is 9.45. The molecule has 0 bridgehead atoms. The number of carbonyl (C=O) groups excluding carboxylic acids is 6. The Morgan fingerprint density at radius 1 is 0.887 bits per heavy atom. The van der Waals surface area contributed by atoms with Gasteiger partial charge in [0.05, 0.1) is 29.9 Å². The summed E-state index contributed by atoms with van der Waals surface area (Å²) in [6.07, 6.45) is 11.8. The number of allylic oxidation sites excluding steroid dienone is 1. The summed E-state index contributed by atoms with van der Waals surface area (Å²) in [4.78, 5) is 95.2. The number of ketones is 1. The number of hydrogen-bond acceptors (Lipinski definition) is 14. The summed E-state index contributed by atoms with van der Waals surface area (Å²) in [5.41, 5.74) is 4.10. The van der Waals surface area contributed by atoms with Gasteiger partial charge in [-0.15, -0.1) is 0 Å². The third kappa shape index (κ3) is 20.5. The van der Waals surface area contributed by atoms with Crippen molar-refractivity contribution in [2.24, 2.45) is 5.92 Å². The molecule has 3 aromatic rings. The van der Waals surface area contributed by atoms with Crippen LogP contribution in [0.15, 0.2) is 41.7 Å². The van der Waals surface area contributed by atoms with Crippen LogP contribution >= 0.6 is 0 Å². The maximum absolute atomic E-state index is 13.8. The molecule has 0 fully saturated rings. The van der Waals surface area contributed by atoms with Crippen molar-refractivity contribution >= 4 is 51.9 Å². The van der Waals surface area contributed by atoms with Crippen molar-refractivity contribution < 1.29 is 48.1 Å². The van der Waals surface area contributed by atoms with Gasteiger partial charge in [-0.1, -0.05) is 67.2 Å². The van der Waals surface area contributed by atoms with Crippen molar-refractivity contribution in [3.63, 3.8) is 0 Å². The van der Waals surface area contributed by atoms with E-state index in [1.807, 2.05) is 61.5 Å². The Hall–Kier alpha value is -6.55. The predicted octanol–water partition coefficient (Wildman–Crippen LogP) is 7.89. The second kappa shape index (κ2) is 35.2. The lowest BCUT2D eigenvalue weighted by Gasteiger charge is -2.32. The molecule has 18 nitrogen and oxygen atoms in total. The van der Waals surface area contributed by atoms with E-state index in [-0.39, 0.29) is 68.1 Å². The Morgan fingerprint density at radius 2 is 1.59 bits per heavy atom. The average Bonchev–Trinajstić information content (AvgIpc) is 3.43. The third-order valence-electron chi connectivity index (χ3n) is 13.7. The number of hydrogen-bond donors (Lipinski definition) is 5. The largest absolute Gasteiger partial charge is 0.494 e. The number of rotatable bonds is 32. The molecule has 2 aromatic heterocycles. The Bertz CT molecular complexity index is 2670. The van der Waals surface area contributed by atoms with Crippen molar-refractivity contribution in [3.8, 4) is 17.6 Å². The summed E-state index contributed by atoms with van der Waals surface area (Å²) >= 11 is 0. The number of Topliss-reactive ketones (excluding diaryl/α,β-unsaturated/α-hetero) is 1. The van der Waals surface area contributed by atoms with Gasteiger partial charge >= 0.3 is 5.97 Å². The highest BCUT2D eigenvalue weighted by atomic mass is 16.6. The van der Waals surface area contributed by atoms with Crippen molar-refractivity contribution in [1.82, 2.24) is 41.1 Å². The number of pyridine rings is 1. The van der Waals surface area contributed by atoms with Crippen LogP contribution in [0.25, 0.3) is 16.5 Å². The van der Waals surface area contributed by atoms with Crippen LogP contribution in [0, 0.1) is 31.6 Å². The van der Waals surface area contributed by atoms with Gasteiger partial charge in [-0.25, -0.2) is 19.7 Å². The molecule has 0 aliphatic carbocycles. The summed E-state index contributed by atoms with van der Waals surface area (Å²) in [5.74, 6) is 4.25. The Morgan fingerprint density at radius 3 is 2.21 bits per heavy atom. The van der Waals surface area contributed by atoms with Gasteiger partial charge in [0, 0.05) is 54.4 Å². The standard InChI is InChI=1S/C60H86N8O10.C2H6/c1-12-27-68(28-13-2)29-21-20-25-50(66-58(73)55(39(6)7)67-53(70)26-19-17-18-23-44-34-61-43(11)62-35-44)57(72)63-36-54(71)64-38-76-30-22-24-46-45(14-3)56(65-51-33-52(77-16-5)40(8)31-47(46)51)41(9)32-49-48(42(10)69)37-78-59(74)60(49,75)15-4;1-2/h31-35,39,50,55,75H,12-17,19-22,24-30,36-38H2,1-11H3,(H,63,72)(H,64,71)(H,66,73)(H,67,70);1-2H3/b41-32+;/t50-,55?,60-;/m0./s1. The molecule has 0 radical (unpaired) electrons. The summed E-state index contributed by atoms with van der Waals surface area (Å²) in [5, 5.41) is 23.7. The number of ether oxygens (including phenoxy) is 3. The number of cyclic esters (lactones) is 1. The summed E-state index contributed by atoms with van der Waals surface area (Å²) in [6, 6.07) is 2.15. The molecule has 0 spiro atoms. The smallest absolute Gasteiger partial charge is 0.343 e. The lowest BCUT2D eigenvalue weighted by atomic mass is 9.82. The van der Waals surface area contributed by atoms with Gasteiger partial charge in [-0.2, -0.15) is 0 Å². The average molecular weight is 1110 g/mol. The Kier molecular flexibility index (Phi) is 29.8. The van der Waals surface area contributed by atoms with Crippen LogP contribution in [0.5, 0.6) is 5.75 Å². The van der Waals surface area contributed by atoms with E-state index in [2.05, 4.69) is 67.9 Å². The molecule has 3 atom stereocenters. The number of unbranched alkanes of at least 4 members (excludes halogenated alkanes) is 2. The topological polar surface area (TPSA) is 240 Å². The van der Waals surface area contributed by atoms with Crippen LogP contribution in [0.3, 0.4) is 0 Å². The van der Waals surface area contributed by atoms with E-state index in [9.17, 15) is 33.9 Å². The number of nitrogens with one attached hydrogen (secondary N) is 4. The number of carbonyl (C=O) groups is 6. The first-order chi connectivity index (χ1) is 38.3. The number of nitrogens with zero attached hydrogens (tertiary/aromatic N) is 4. The molecule has 3 heterocycles. The van der Waals surface area contributed by atoms with E-state index in [1.165, 1.54) is 6.92 Å². The minimum absolute atomic E-state index is 0.0112. The minimum atomic E-state index is -1.99. The lowest BCUT2D eigenvalue weighted by molar-refractivity contribution is -0.163.